The Bertz CT molecular complexity index is 695. The molecule has 2 aromatic heterocycles. The van der Waals surface area contributed by atoms with Gasteiger partial charge in [0.15, 0.2) is 17.0 Å². The fourth-order valence-corrected chi connectivity index (χ4v) is 2.04. The van der Waals surface area contributed by atoms with E-state index in [4.69, 9.17) is 9.84 Å². The van der Waals surface area contributed by atoms with Crippen molar-refractivity contribution in [1.29, 1.82) is 0 Å². The van der Waals surface area contributed by atoms with E-state index < -0.39 is 11.9 Å². The summed E-state index contributed by atoms with van der Waals surface area (Å²) in [5, 5.41) is 13.0. The fraction of sp³-hybridized carbons (Fsp3) is 0.429. The molecule has 22 heavy (non-hydrogen) atoms. The Morgan fingerprint density at radius 2 is 2.14 bits per heavy atom. The Labute approximate surface area is 126 Å². The number of carbonyl (C=O) groups excluding carboxylic acids is 2. The molecular formula is C14H17N3O5. The Morgan fingerprint density at radius 3 is 2.77 bits per heavy atom. The molecule has 2 heterocycles. The van der Waals surface area contributed by atoms with Gasteiger partial charge in [-0.15, -0.1) is 0 Å². The van der Waals surface area contributed by atoms with Gasteiger partial charge in [0.2, 0.25) is 0 Å². The molecule has 0 unspecified atom stereocenters. The van der Waals surface area contributed by atoms with Crippen LogP contribution in [0.25, 0.3) is 5.65 Å². The minimum absolute atomic E-state index is 0.00712. The summed E-state index contributed by atoms with van der Waals surface area (Å²) in [5.74, 6) is -1.17. The zero-order valence-corrected chi connectivity index (χ0v) is 12.4. The van der Waals surface area contributed by atoms with Gasteiger partial charge in [-0.25, -0.2) is 19.1 Å². The molecule has 8 heteroatoms. The van der Waals surface area contributed by atoms with E-state index in [9.17, 15) is 9.59 Å². The lowest BCUT2D eigenvalue weighted by Crippen LogP contribution is -2.16. The summed E-state index contributed by atoms with van der Waals surface area (Å²) in [4.78, 5) is 28.0. The molecule has 0 saturated heterocycles. The molecule has 0 amide bonds. The highest BCUT2D eigenvalue weighted by Crippen LogP contribution is 2.15. The van der Waals surface area contributed by atoms with E-state index in [2.05, 4.69) is 14.8 Å². The molecule has 0 aliphatic heterocycles. The van der Waals surface area contributed by atoms with Crippen LogP contribution in [0.15, 0.2) is 12.3 Å². The fourth-order valence-electron chi connectivity index (χ4n) is 2.04. The van der Waals surface area contributed by atoms with Crippen LogP contribution in [-0.4, -0.2) is 52.0 Å². The number of ether oxygens (including phenoxy) is 2. The summed E-state index contributed by atoms with van der Waals surface area (Å²) < 4.78 is 10.9. The number of esters is 2. The summed E-state index contributed by atoms with van der Waals surface area (Å²) >= 11 is 0. The predicted molar refractivity (Wildman–Crippen MR) is 75.7 cm³/mol. The Hall–Kier alpha value is -2.48. The van der Waals surface area contributed by atoms with Gasteiger partial charge in [0.1, 0.15) is 0 Å². The number of fused-ring (bicyclic) bond motifs is 1. The molecule has 0 saturated carbocycles. The van der Waals surface area contributed by atoms with Gasteiger partial charge in [-0.05, 0) is 19.8 Å². The van der Waals surface area contributed by atoms with E-state index in [1.807, 2.05) is 0 Å². The van der Waals surface area contributed by atoms with Crippen LogP contribution in [0.5, 0.6) is 0 Å². The highest BCUT2D eigenvalue weighted by atomic mass is 16.5. The lowest BCUT2D eigenvalue weighted by Gasteiger charge is -2.09. The quantitative estimate of drug-likeness (QED) is 0.780. The van der Waals surface area contributed by atoms with Crippen molar-refractivity contribution in [2.24, 2.45) is 0 Å². The second-order valence-corrected chi connectivity index (χ2v) is 4.47. The molecule has 2 aromatic rings. The van der Waals surface area contributed by atoms with Gasteiger partial charge in [-0.3, -0.25) is 0 Å². The maximum Gasteiger partial charge on any atom is 0.358 e. The third-order valence-electron chi connectivity index (χ3n) is 3.03. The van der Waals surface area contributed by atoms with E-state index in [-0.39, 0.29) is 24.6 Å². The number of aryl methyl sites for hydroxylation is 1. The molecule has 0 spiro atoms. The number of hydrogen-bond acceptors (Lipinski definition) is 7. The number of aromatic nitrogens is 3. The summed E-state index contributed by atoms with van der Waals surface area (Å²) in [6.45, 7) is 1.91. The smallest absolute Gasteiger partial charge is 0.358 e. The van der Waals surface area contributed by atoms with Gasteiger partial charge in [0.05, 0.1) is 13.7 Å². The maximum atomic E-state index is 12.2. The van der Waals surface area contributed by atoms with Crippen molar-refractivity contribution in [3.8, 4) is 0 Å². The van der Waals surface area contributed by atoms with Crippen LogP contribution < -0.4 is 0 Å². The molecule has 2 rings (SSSR count). The summed E-state index contributed by atoms with van der Waals surface area (Å²) in [7, 11) is 1.25. The number of rotatable bonds is 6. The van der Waals surface area contributed by atoms with Crippen LogP contribution in [0.4, 0.5) is 0 Å². The van der Waals surface area contributed by atoms with E-state index in [0.717, 1.165) is 0 Å². The van der Waals surface area contributed by atoms with Gasteiger partial charge < -0.3 is 14.6 Å². The number of methoxy groups -OCH3 is 1. The van der Waals surface area contributed by atoms with Crippen LogP contribution in [0.3, 0.4) is 0 Å². The molecule has 0 aromatic carbocycles. The number of aliphatic hydroxyl groups is 1. The second-order valence-electron chi connectivity index (χ2n) is 4.47. The monoisotopic (exact) mass is 307 g/mol. The Kier molecular flexibility index (Phi) is 5.05. The molecule has 0 atom stereocenters. The molecule has 0 bridgehead atoms. The van der Waals surface area contributed by atoms with Gasteiger partial charge in [-0.2, -0.15) is 5.10 Å². The number of nitrogens with zero attached hydrogens (tertiary/aromatic N) is 3. The molecule has 0 aliphatic rings. The van der Waals surface area contributed by atoms with Crippen molar-refractivity contribution >= 4 is 17.6 Å². The lowest BCUT2D eigenvalue weighted by atomic mass is 10.1. The molecular weight excluding hydrogens is 290 g/mol. The third-order valence-corrected chi connectivity index (χ3v) is 3.03. The van der Waals surface area contributed by atoms with E-state index >= 15 is 0 Å². The zero-order valence-electron chi connectivity index (χ0n) is 12.4. The van der Waals surface area contributed by atoms with Gasteiger partial charge in [0, 0.05) is 24.4 Å². The molecule has 0 radical (unpaired) electrons. The average Bonchev–Trinajstić information content (AvgIpc) is 2.95. The first-order chi connectivity index (χ1) is 10.6. The normalized spacial score (nSPS) is 10.7. The Morgan fingerprint density at radius 1 is 1.36 bits per heavy atom. The molecule has 0 fully saturated rings. The highest BCUT2D eigenvalue weighted by molar-refractivity contribution is 5.91. The molecule has 118 valence electrons. The average molecular weight is 307 g/mol. The lowest BCUT2D eigenvalue weighted by molar-refractivity contribution is 0.0511. The summed E-state index contributed by atoms with van der Waals surface area (Å²) in [6, 6.07) is 1.43. The summed E-state index contributed by atoms with van der Waals surface area (Å²) in [6.07, 6.45) is 2.45. The molecule has 8 nitrogen and oxygen atoms in total. The van der Waals surface area contributed by atoms with Gasteiger partial charge >= 0.3 is 11.9 Å². The Balaban J connectivity index is 2.57. The second kappa shape index (κ2) is 6.99. The van der Waals surface area contributed by atoms with Crippen molar-refractivity contribution in [3.63, 3.8) is 0 Å². The van der Waals surface area contributed by atoms with Crippen molar-refractivity contribution in [1.82, 2.24) is 14.6 Å². The summed E-state index contributed by atoms with van der Waals surface area (Å²) in [5.41, 5.74) is 1.20. The molecule has 0 aliphatic carbocycles. The van der Waals surface area contributed by atoms with E-state index in [0.29, 0.717) is 24.1 Å². The van der Waals surface area contributed by atoms with Crippen LogP contribution in [-0.2, 0) is 15.9 Å². The minimum atomic E-state index is -0.614. The predicted octanol–water partition coefficient (Wildman–Crippen LogP) is 0.617. The number of carbonyl (C=O) groups is 2. The largest absolute Gasteiger partial charge is 0.464 e. The van der Waals surface area contributed by atoms with Crippen LogP contribution in [0, 0.1) is 0 Å². The van der Waals surface area contributed by atoms with Crippen LogP contribution in [0.1, 0.15) is 39.9 Å². The maximum absolute atomic E-state index is 12.2. The topological polar surface area (TPSA) is 103 Å². The van der Waals surface area contributed by atoms with E-state index in [1.165, 1.54) is 23.9 Å². The van der Waals surface area contributed by atoms with Crippen molar-refractivity contribution in [3.05, 3.63) is 29.2 Å². The highest BCUT2D eigenvalue weighted by Gasteiger charge is 2.21. The molecule has 1 N–H and O–H groups in total. The minimum Gasteiger partial charge on any atom is -0.464 e. The number of aliphatic hydroxyl groups excluding tert-OH is 1. The SMILES string of the molecule is CCOC(=O)c1c(CCCO)cnc2cc(C(=O)OC)nn12. The van der Waals surface area contributed by atoms with Crippen molar-refractivity contribution in [2.75, 3.05) is 20.3 Å². The standard InChI is InChI=1S/C14H17N3O5/c1-3-22-14(20)12-9(5-4-6-18)8-15-11-7-10(13(19)21-2)16-17(11)12/h7-8,18H,3-6H2,1-2H3. The van der Waals surface area contributed by atoms with Gasteiger partial charge in [-0.1, -0.05) is 0 Å². The van der Waals surface area contributed by atoms with Crippen LogP contribution in [0.2, 0.25) is 0 Å². The number of hydrogen-bond donors (Lipinski definition) is 1. The van der Waals surface area contributed by atoms with Crippen molar-refractivity contribution < 1.29 is 24.2 Å². The third kappa shape index (κ3) is 3.06. The van der Waals surface area contributed by atoms with Gasteiger partial charge in [0.25, 0.3) is 0 Å². The van der Waals surface area contributed by atoms with Crippen molar-refractivity contribution in [2.45, 2.75) is 19.8 Å². The van der Waals surface area contributed by atoms with Crippen LogP contribution >= 0.6 is 0 Å². The first kappa shape index (κ1) is 15.9. The first-order valence-electron chi connectivity index (χ1n) is 6.86. The zero-order chi connectivity index (χ0) is 16.1. The van der Waals surface area contributed by atoms with E-state index in [1.54, 1.807) is 6.92 Å². The first-order valence-corrected chi connectivity index (χ1v) is 6.86.